The Kier molecular flexibility index (Phi) is 9.57. The Balaban J connectivity index is 1.73. The number of carbonyl (C=O) groups is 1. The minimum atomic E-state index is -5.47. The summed E-state index contributed by atoms with van der Waals surface area (Å²) in [5.74, 6) is -1.19. The van der Waals surface area contributed by atoms with Gasteiger partial charge in [-0.1, -0.05) is 13.8 Å². The fraction of sp³-hybridized carbons (Fsp3) is 0.625. The van der Waals surface area contributed by atoms with Gasteiger partial charge in [0.05, 0.1) is 19.5 Å². The number of hydrogen-bond acceptors (Lipinski definition) is 15. The number of primary amides is 1. The predicted molar refractivity (Wildman–Crippen MR) is 128 cm³/mol. The number of phosphoric ester groups is 3. The first-order valence-corrected chi connectivity index (χ1v) is 15.4. The lowest BCUT2D eigenvalue weighted by molar-refractivity contribution is -0.133. The second-order valence-electron chi connectivity index (χ2n) is 9.08. The summed E-state index contributed by atoms with van der Waals surface area (Å²) < 4.78 is 60.7. The number of aliphatic hydroxyl groups is 2. The van der Waals surface area contributed by atoms with Crippen LogP contribution in [0.2, 0.25) is 0 Å². The molecule has 1 amide bonds. The van der Waals surface area contributed by atoms with Gasteiger partial charge in [0.25, 0.3) is 0 Å². The molecule has 1 fully saturated rings. The first-order chi connectivity index (χ1) is 18.2. The molecule has 1 aliphatic rings. The number of phosphoric acid groups is 3. The molecule has 10 N–H and O–H groups in total. The fourth-order valence-electron chi connectivity index (χ4n) is 3.49. The first-order valence-electron chi connectivity index (χ1n) is 10.9. The van der Waals surface area contributed by atoms with Crippen LogP contribution in [0.1, 0.15) is 20.1 Å². The van der Waals surface area contributed by atoms with Crippen LogP contribution in [0.3, 0.4) is 0 Å². The summed E-state index contributed by atoms with van der Waals surface area (Å²) in [4.78, 5) is 61.2. The number of fused-ring (bicyclic) bond motifs is 1. The molecule has 226 valence electrons. The van der Waals surface area contributed by atoms with E-state index < -0.39 is 78.6 Å². The standard InChI is InChI=1S/C16H27N6O15P3/c1-16(2,11(24)13(18)25)4-34-40(31,32)37-39(29,30)33-3-7-10(36-38(26,27)28)9(23)15(35-7)22-6-21-8-12(17)19-5-20-14(8)22/h5-7,9-11,15,23-24H,3-4H2,1-2H3,(H2,18,25)(H,29,30)(H,31,32)(H2,17,19,20)(H2,26,27,28)/t7-,9-,10-,11+,15-/m1/s1. The van der Waals surface area contributed by atoms with Crippen LogP contribution in [0, 0.1) is 5.41 Å². The van der Waals surface area contributed by atoms with Gasteiger partial charge in [-0.25, -0.2) is 28.6 Å². The van der Waals surface area contributed by atoms with E-state index in [0.29, 0.717) is 0 Å². The largest absolute Gasteiger partial charge is 0.481 e. The number of ether oxygens (including phenoxy) is 1. The highest BCUT2D eigenvalue weighted by atomic mass is 31.3. The number of anilines is 1. The maximum atomic E-state index is 12.4. The molecule has 7 atom stereocenters. The van der Waals surface area contributed by atoms with Crippen LogP contribution in [0.25, 0.3) is 11.2 Å². The highest BCUT2D eigenvalue weighted by Crippen LogP contribution is 2.61. The molecule has 2 aromatic rings. The van der Waals surface area contributed by atoms with Crippen LogP contribution in [0.15, 0.2) is 12.7 Å². The quantitative estimate of drug-likeness (QED) is 0.113. The molecular formula is C16H27N6O15P3. The third-order valence-electron chi connectivity index (χ3n) is 5.45. The number of hydrogen-bond donors (Lipinski definition) is 8. The number of amides is 1. The molecule has 1 aliphatic heterocycles. The van der Waals surface area contributed by atoms with Crippen molar-refractivity contribution in [2.75, 3.05) is 18.9 Å². The van der Waals surface area contributed by atoms with E-state index in [-0.39, 0.29) is 17.0 Å². The number of nitrogens with zero attached hydrogens (tertiary/aromatic N) is 4. The van der Waals surface area contributed by atoms with E-state index in [4.69, 9.17) is 16.2 Å². The molecule has 0 aliphatic carbocycles. The van der Waals surface area contributed by atoms with Crippen LogP contribution in [0.5, 0.6) is 0 Å². The molecule has 40 heavy (non-hydrogen) atoms. The van der Waals surface area contributed by atoms with Gasteiger partial charge in [0.1, 0.15) is 36.3 Å². The topological polar surface area (TPSA) is 331 Å². The maximum Gasteiger partial charge on any atom is 0.481 e. The molecule has 2 unspecified atom stereocenters. The summed E-state index contributed by atoms with van der Waals surface area (Å²) in [6, 6.07) is 0. The Morgan fingerprint density at radius 3 is 2.38 bits per heavy atom. The van der Waals surface area contributed by atoms with Gasteiger partial charge in [-0.2, -0.15) is 4.31 Å². The molecule has 1 saturated heterocycles. The van der Waals surface area contributed by atoms with Gasteiger partial charge in [0, 0.05) is 5.41 Å². The fourth-order valence-corrected chi connectivity index (χ4v) is 6.31. The summed E-state index contributed by atoms with van der Waals surface area (Å²) in [6.45, 7) is 0.556. The molecular weight excluding hydrogens is 609 g/mol. The number of nitrogen functional groups attached to an aromatic ring is 1. The SMILES string of the molecule is CC(C)(COP(=O)(O)OP(=O)(O)OC[C@H]1O[C@@H](n2cnc3c(N)ncnc32)[C@H](O)[C@@H]1OP(=O)(O)O)[C@@H](O)C(N)=O. The van der Waals surface area contributed by atoms with E-state index in [0.717, 1.165) is 17.2 Å². The zero-order valence-electron chi connectivity index (χ0n) is 20.6. The molecule has 21 nitrogen and oxygen atoms in total. The summed E-state index contributed by atoms with van der Waals surface area (Å²) in [6.07, 6.45) is -6.52. The van der Waals surface area contributed by atoms with Gasteiger partial charge in [0.15, 0.2) is 17.7 Å². The number of imidazole rings is 1. The zero-order chi connectivity index (χ0) is 30.3. The average Bonchev–Trinajstić information content (AvgIpc) is 3.36. The van der Waals surface area contributed by atoms with Crippen molar-refractivity contribution < 1.29 is 70.9 Å². The summed E-state index contributed by atoms with van der Waals surface area (Å²) in [5, 5.41) is 20.5. The van der Waals surface area contributed by atoms with Crippen LogP contribution in [-0.2, 0) is 41.1 Å². The highest BCUT2D eigenvalue weighted by Gasteiger charge is 2.50. The van der Waals surface area contributed by atoms with E-state index in [2.05, 4.69) is 32.8 Å². The molecule has 2 aromatic heterocycles. The van der Waals surface area contributed by atoms with Crippen molar-refractivity contribution in [1.29, 1.82) is 0 Å². The van der Waals surface area contributed by atoms with Crippen molar-refractivity contribution >= 4 is 46.4 Å². The normalized spacial score (nSPS) is 25.9. The monoisotopic (exact) mass is 636 g/mol. The molecule has 24 heteroatoms. The van der Waals surface area contributed by atoms with Gasteiger partial charge in [-0.3, -0.25) is 22.9 Å². The number of nitrogens with two attached hydrogens (primary N) is 2. The average molecular weight is 636 g/mol. The zero-order valence-corrected chi connectivity index (χ0v) is 23.3. The van der Waals surface area contributed by atoms with E-state index >= 15 is 0 Å². The van der Waals surface area contributed by atoms with Crippen LogP contribution in [0.4, 0.5) is 5.82 Å². The van der Waals surface area contributed by atoms with E-state index in [1.165, 1.54) is 13.8 Å². The van der Waals surface area contributed by atoms with Crippen molar-refractivity contribution in [3.63, 3.8) is 0 Å². The Hall–Kier alpha value is -1.93. The number of rotatable bonds is 13. The Morgan fingerprint density at radius 2 is 1.77 bits per heavy atom. The Morgan fingerprint density at radius 1 is 1.15 bits per heavy atom. The highest BCUT2D eigenvalue weighted by molar-refractivity contribution is 7.61. The molecule has 0 bridgehead atoms. The lowest BCUT2D eigenvalue weighted by Crippen LogP contribution is -2.43. The lowest BCUT2D eigenvalue weighted by atomic mass is 9.87. The Bertz CT molecular complexity index is 1380. The number of carbonyl (C=O) groups excluding carboxylic acids is 1. The van der Waals surface area contributed by atoms with Crippen molar-refractivity contribution in [3.05, 3.63) is 12.7 Å². The van der Waals surface area contributed by atoms with Gasteiger partial charge in [0.2, 0.25) is 5.91 Å². The van der Waals surface area contributed by atoms with Gasteiger partial charge in [-0.05, 0) is 0 Å². The van der Waals surface area contributed by atoms with Crippen molar-refractivity contribution in [2.45, 2.75) is 44.5 Å². The van der Waals surface area contributed by atoms with Crippen molar-refractivity contribution in [3.8, 4) is 0 Å². The second-order valence-corrected chi connectivity index (χ2v) is 13.3. The molecule has 0 aromatic carbocycles. The number of aliphatic hydroxyl groups excluding tert-OH is 2. The number of aromatic nitrogens is 4. The van der Waals surface area contributed by atoms with Crippen LogP contribution >= 0.6 is 23.5 Å². The van der Waals surface area contributed by atoms with Gasteiger partial charge in [-0.15, -0.1) is 0 Å². The molecule has 0 radical (unpaired) electrons. The van der Waals surface area contributed by atoms with Gasteiger partial charge >= 0.3 is 23.5 Å². The smallest absolute Gasteiger partial charge is 0.386 e. The van der Waals surface area contributed by atoms with Gasteiger partial charge < -0.3 is 46.0 Å². The summed E-state index contributed by atoms with van der Waals surface area (Å²) >= 11 is 0. The van der Waals surface area contributed by atoms with Crippen molar-refractivity contribution in [1.82, 2.24) is 19.5 Å². The molecule has 0 saturated carbocycles. The van der Waals surface area contributed by atoms with Crippen molar-refractivity contribution in [2.24, 2.45) is 11.1 Å². The van der Waals surface area contributed by atoms with E-state index in [1.807, 2.05) is 0 Å². The minimum Gasteiger partial charge on any atom is -0.386 e. The Labute approximate surface area is 224 Å². The predicted octanol–water partition coefficient (Wildman–Crippen LogP) is -1.73. The third-order valence-corrected chi connectivity index (χ3v) is 8.55. The maximum absolute atomic E-state index is 12.4. The van der Waals surface area contributed by atoms with E-state index in [1.54, 1.807) is 0 Å². The summed E-state index contributed by atoms with van der Waals surface area (Å²) in [5.41, 5.74) is 9.33. The first kappa shape index (κ1) is 32.6. The third kappa shape index (κ3) is 7.87. The minimum absolute atomic E-state index is 0.0271. The second kappa shape index (κ2) is 11.7. The lowest BCUT2D eigenvalue weighted by Gasteiger charge is -2.28. The van der Waals surface area contributed by atoms with Crippen LogP contribution < -0.4 is 11.5 Å². The summed E-state index contributed by atoms with van der Waals surface area (Å²) in [7, 11) is -16.1. The molecule has 0 spiro atoms. The molecule has 3 rings (SSSR count). The molecule has 3 heterocycles. The van der Waals surface area contributed by atoms with E-state index in [9.17, 15) is 48.3 Å². The van der Waals surface area contributed by atoms with Crippen LogP contribution in [-0.4, -0.2) is 92.8 Å².